The van der Waals surface area contributed by atoms with E-state index in [1.54, 1.807) is 38.1 Å². The van der Waals surface area contributed by atoms with Crippen molar-refractivity contribution in [3.8, 4) is 17.4 Å². The largest absolute Gasteiger partial charge is 0.462 e. The van der Waals surface area contributed by atoms with Crippen LogP contribution in [0.25, 0.3) is 17.4 Å². The molecule has 1 aromatic carbocycles. The number of thiocarbonyl (C=S) groups is 1. The quantitative estimate of drug-likeness (QED) is 0.260. The van der Waals surface area contributed by atoms with Crippen molar-refractivity contribution in [2.75, 3.05) is 11.9 Å². The Balaban J connectivity index is 1.62. The molecule has 3 aromatic rings. The van der Waals surface area contributed by atoms with Gasteiger partial charge in [-0.2, -0.15) is 5.26 Å². The minimum Gasteiger partial charge on any atom is -0.462 e. The molecule has 3 rings (SSSR count). The van der Waals surface area contributed by atoms with E-state index in [1.807, 2.05) is 18.2 Å². The molecule has 1 amide bonds. The molecule has 0 fully saturated rings. The number of ether oxygens (including phenoxy) is 1. The van der Waals surface area contributed by atoms with Crippen molar-refractivity contribution >= 4 is 63.2 Å². The summed E-state index contributed by atoms with van der Waals surface area (Å²) in [7, 11) is 0. The summed E-state index contributed by atoms with van der Waals surface area (Å²) in [4.78, 5) is 24.6. The van der Waals surface area contributed by atoms with Crippen LogP contribution < -0.4 is 10.6 Å². The topological polar surface area (TPSA) is 104 Å². The van der Waals surface area contributed by atoms with Gasteiger partial charge in [-0.15, -0.1) is 11.3 Å². The molecule has 2 aromatic heterocycles. The maximum absolute atomic E-state index is 12.2. The Morgan fingerprint density at radius 2 is 2.00 bits per heavy atom. The van der Waals surface area contributed by atoms with Crippen molar-refractivity contribution in [1.82, 2.24) is 5.32 Å². The highest BCUT2D eigenvalue weighted by molar-refractivity contribution is 7.80. The fourth-order valence-electron chi connectivity index (χ4n) is 2.78. The van der Waals surface area contributed by atoms with E-state index in [4.69, 9.17) is 33.0 Å². The number of carbonyl (C=O) groups excluding carboxylic acids is 2. The summed E-state index contributed by atoms with van der Waals surface area (Å²) in [5, 5.41) is 15.7. The molecule has 168 valence electrons. The molecule has 33 heavy (non-hydrogen) atoms. The normalized spacial score (nSPS) is 10.6. The third-order valence-electron chi connectivity index (χ3n) is 4.34. The molecule has 0 saturated carbocycles. The predicted octanol–water partition coefficient (Wildman–Crippen LogP) is 5.54. The monoisotopic (exact) mass is 499 g/mol. The van der Waals surface area contributed by atoms with E-state index in [9.17, 15) is 14.9 Å². The van der Waals surface area contributed by atoms with Crippen LogP contribution >= 0.6 is 35.2 Å². The number of nitrogens with zero attached hydrogens (tertiary/aromatic N) is 1. The number of halogens is 1. The Morgan fingerprint density at radius 1 is 1.27 bits per heavy atom. The molecule has 7 nitrogen and oxygen atoms in total. The fourth-order valence-corrected chi connectivity index (χ4v) is 4.23. The summed E-state index contributed by atoms with van der Waals surface area (Å²) in [5.41, 5.74) is 1.61. The molecule has 0 aliphatic heterocycles. The summed E-state index contributed by atoms with van der Waals surface area (Å²) in [6.07, 6.45) is 2.78. The van der Waals surface area contributed by atoms with Gasteiger partial charge in [-0.3, -0.25) is 10.1 Å². The van der Waals surface area contributed by atoms with Crippen molar-refractivity contribution in [2.45, 2.75) is 13.8 Å². The van der Waals surface area contributed by atoms with Gasteiger partial charge in [0.15, 0.2) is 5.11 Å². The number of nitriles is 1. The second-order valence-corrected chi connectivity index (χ2v) is 8.44. The van der Waals surface area contributed by atoms with Crippen LogP contribution in [-0.2, 0) is 9.53 Å². The van der Waals surface area contributed by atoms with Gasteiger partial charge in [0, 0.05) is 16.7 Å². The van der Waals surface area contributed by atoms with Crippen molar-refractivity contribution < 1.29 is 18.7 Å². The average molecular weight is 500 g/mol. The minimum atomic E-state index is -0.515. The Kier molecular flexibility index (Phi) is 8.01. The van der Waals surface area contributed by atoms with E-state index in [1.165, 1.54) is 12.2 Å². The van der Waals surface area contributed by atoms with Gasteiger partial charge < -0.3 is 14.5 Å². The van der Waals surface area contributed by atoms with E-state index < -0.39 is 11.9 Å². The average Bonchev–Trinajstić information content (AvgIpc) is 3.37. The van der Waals surface area contributed by atoms with E-state index in [0.717, 1.165) is 16.9 Å². The van der Waals surface area contributed by atoms with Crippen LogP contribution in [-0.4, -0.2) is 23.6 Å². The van der Waals surface area contributed by atoms with Gasteiger partial charge in [-0.05, 0) is 74.1 Å². The highest BCUT2D eigenvalue weighted by atomic mass is 35.5. The third kappa shape index (κ3) is 6.08. The number of anilines is 1. The Hall–Kier alpha value is -3.45. The number of hydrogen-bond donors (Lipinski definition) is 2. The van der Waals surface area contributed by atoms with E-state index in [0.29, 0.717) is 32.0 Å². The van der Waals surface area contributed by atoms with Gasteiger partial charge in [0.2, 0.25) is 5.91 Å². The van der Waals surface area contributed by atoms with Crippen LogP contribution in [0.4, 0.5) is 5.00 Å². The first-order chi connectivity index (χ1) is 15.8. The number of furan rings is 1. The summed E-state index contributed by atoms with van der Waals surface area (Å²) in [6.45, 7) is 3.57. The van der Waals surface area contributed by atoms with Crippen molar-refractivity contribution in [3.63, 3.8) is 0 Å². The molecule has 10 heteroatoms. The zero-order valence-electron chi connectivity index (χ0n) is 17.6. The van der Waals surface area contributed by atoms with Gasteiger partial charge in [0.1, 0.15) is 27.5 Å². The van der Waals surface area contributed by atoms with E-state index in [2.05, 4.69) is 10.6 Å². The first kappa shape index (κ1) is 24.2. The highest BCUT2D eigenvalue weighted by Crippen LogP contribution is 2.33. The maximum atomic E-state index is 12.2. The Morgan fingerprint density at radius 3 is 2.67 bits per heavy atom. The van der Waals surface area contributed by atoms with Crippen LogP contribution in [0.15, 0.2) is 46.9 Å². The molecule has 0 bridgehead atoms. The van der Waals surface area contributed by atoms with Crippen LogP contribution in [0, 0.1) is 18.3 Å². The van der Waals surface area contributed by atoms with Crippen LogP contribution in [0.3, 0.4) is 0 Å². The predicted molar refractivity (Wildman–Crippen MR) is 132 cm³/mol. The van der Waals surface area contributed by atoms with Crippen molar-refractivity contribution in [2.24, 2.45) is 0 Å². The number of carbonyl (C=O) groups is 2. The number of nitrogens with one attached hydrogen (secondary N) is 2. The minimum absolute atomic E-state index is 0.0147. The lowest BCUT2D eigenvalue weighted by molar-refractivity contribution is -0.115. The molecule has 0 spiro atoms. The number of thiophene rings is 1. The standard InChI is InChI=1S/C23H18ClN3O4S2/c1-3-30-22(29)20-13(2)17(12-25)21(33-20)27-23(32)26-19(28)11-9-16-8-10-18(31-16)14-4-6-15(24)7-5-14/h4-11H,3H2,1-2H3,(H2,26,27,28,32). The van der Waals surface area contributed by atoms with Gasteiger partial charge in [0.25, 0.3) is 0 Å². The number of rotatable bonds is 6. The lowest BCUT2D eigenvalue weighted by atomic mass is 10.2. The molecule has 0 aliphatic rings. The molecule has 0 aliphatic carbocycles. The Labute approximate surface area is 204 Å². The van der Waals surface area contributed by atoms with Gasteiger partial charge >= 0.3 is 5.97 Å². The second kappa shape index (κ2) is 10.9. The van der Waals surface area contributed by atoms with E-state index in [-0.39, 0.29) is 17.3 Å². The SMILES string of the molecule is CCOC(=O)c1sc(NC(=S)NC(=O)C=Cc2ccc(-c3ccc(Cl)cc3)o2)c(C#N)c1C. The molecular formula is C23H18ClN3O4S2. The molecular weight excluding hydrogens is 482 g/mol. The summed E-state index contributed by atoms with van der Waals surface area (Å²) in [6, 6.07) is 12.8. The molecule has 0 atom stereocenters. The zero-order valence-corrected chi connectivity index (χ0v) is 20.0. The number of benzene rings is 1. The van der Waals surface area contributed by atoms with Gasteiger partial charge in [-0.25, -0.2) is 4.79 Å². The number of hydrogen-bond acceptors (Lipinski definition) is 7. The van der Waals surface area contributed by atoms with Crippen LogP contribution in [0.5, 0.6) is 0 Å². The molecule has 2 heterocycles. The molecule has 2 N–H and O–H groups in total. The number of esters is 1. The first-order valence-electron chi connectivity index (χ1n) is 9.68. The highest BCUT2D eigenvalue weighted by Gasteiger charge is 2.21. The van der Waals surface area contributed by atoms with Crippen molar-refractivity contribution in [3.05, 3.63) is 69.3 Å². The third-order valence-corrected chi connectivity index (χ3v) is 5.98. The van der Waals surface area contributed by atoms with Gasteiger partial charge in [-0.1, -0.05) is 11.6 Å². The van der Waals surface area contributed by atoms with Gasteiger partial charge in [0.05, 0.1) is 12.2 Å². The van der Waals surface area contributed by atoms with E-state index >= 15 is 0 Å². The lowest BCUT2D eigenvalue weighted by Gasteiger charge is -2.06. The van der Waals surface area contributed by atoms with Crippen LogP contribution in [0.2, 0.25) is 5.02 Å². The molecule has 0 unspecified atom stereocenters. The molecule has 0 saturated heterocycles. The molecule has 0 radical (unpaired) electrons. The summed E-state index contributed by atoms with van der Waals surface area (Å²) >= 11 is 12.1. The summed E-state index contributed by atoms with van der Waals surface area (Å²) < 4.78 is 10.7. The zero-order chi connectivity index (χ0) is 24.0. The fraction of sp³-hybridized carbons (Fsp3) is 0.130. The smallest absolute Gasteiger partial charge is 0.348 e. The first-order valence-corrected chi connectivity index (χ1v) is 11.3. The van der Waals surface area contributed by atoms with Crippen molar-refractivity contribution in [1.29, 1.82) is 5.26 Å². The van der Waals surface area contributed by atoms with Crippen LogP contribution in [0.1, 0.15) is 33.5 Å². The summed E-state index contributed by atoms with van der Waals surface area (Å²) in [5.74, 6) is 0.111. The second-order valence-electron chi connectivity index (χ2n) is 6.58. The lowest BCUT2D eigenvalue weighted by Crippen LogP contribution is -2.32. The Bertz CT molecular complexity index is 1270. The maximum Gasteiger partial charge on any atom is 0.348 e. The number of amides is 1.